The monoisotopic (exact) mass is 581 g/mol. The lowest BCUT2D eigenvalue weighted by molar-refractivity contribution is 0.254. The van der Waals surface area contributed by atoms with E-state index in [1.165, 1.54) is 6.07 Å². The summed E-state index contributed by atoms with van der Waals surface area (Å²) in [6.45, 7) is 6.45. The van der Waals surface area contributed by atoms with Crippen LogP contribution in [-0.2, 0) is 15.6 Å². The van der Waals surface area contributed by atoms with Crippen molar-refractivity contribution in [1.29, 1.82) is 0 Å². The third-order valence-electron chi connectivity index (χ3n) is 6.89. The third-order valence-corrected chi connectivity index (χ3v) is 8.79. The van der Waals surface area contributed by atoms with Gasteiger partial charge < -0.3 is 15.4 Å². The molecule has 0 bridgehead atoms. The van der Waals surface area contributed by atoms with E-state index in [0.29, 0.717) is 53.2 Å². The standard InChI is InChI=1S/C30H33F2N5O3S/c1-18(2)16-41(38,39)17-25-22-7-6-19(3)28(23(22)8-9-26(25)32)40-29-24(5-4-11-34-29)27-10-12-35-30(37-27)36-21-13-20(31)14-33-15-21/h4-12,18,20-21,33H,13-17H2,1-3H3,(H,35,36,37)/t20-,21-/m0/s1. The number of nitrogens with one attached hydrogen (secondary N) is 2. The van der Waals surface area contributed by atoms with Crippen LogP contribution >= 0.6 is 0 Å². The highest BCUT2D eigenvalue weighted by Gasteiger charge is 2.23. The van der Waals surface area contributed by atoms with Crippen LogP contribution in [0.2, 0.25) is 0 Å². The Kier molecular flexibility index (Phi) is 8.46. The number of halogens is 2. The quantitative estimate of drug-likeness (QED) is 0.263. The Morgan fingerprint density at radius 2 is 1.88 bits per heavy atom. The number of ether oxygens (including phenoxy) is 1. The topological polar surface area (TPSA) is 106 Å². The summed E-state index contributed by atoms with van der Waals surface area (Å²) in [6, 6.07) is 11.5. The van der Waals surface area contributed by atoms with Crippen LogP contribution in [0.5, 0.6) is 11.6 Å². The minimum Gasteiger partial charge on any atom is -0.437 e. The molecule has 2 aromatic carbocycles. The second kappa shape index (κ2) is 12.0. The number of anilines is 1. The average Bonchev–Trinajstić information content (AvgIpc) is 2.91. The van der Waals surface area contributed by atoms with Crippen LogP contribution in [0.1, 0.15) is 31.4 Å². The molecule has 41 heavy (non-hydrogen) atoms. The zero-order chi connectivity index (χ0) is 29.1. The molecule has 0 amide bonds. The molecular weight excluding hydrogens is 548 g/mol. The zero-order valence-electron chi connectivity index (χ0n) is 23.2. The molecule has 0 unspecified atom stereocenters. The van der Waals surface area contributed by atoms with Crippen molar-refractivity contribution in [3.63, 3.8) is 0 Å². The number of hydrogen-bond acceptors (Lipinski definition) is 8. The molecule has 0 spiro atoms. The van der Waals surface area contributed by atoms with Gasteiger partial charge in [-0.15, -0.1) is 0 Å². The van der Waals surface area contributed by atoms with E-state index in [9.17, 15) is 17.2 Å². The van der Waals surface area contributed by atoms with Crippen molar-refractivity contribution in [1.82, 2.24) is 20.3 Å². The number of nitrogens with zero attached hydrogens (tertiary/aromatic N) is 3. The minimum atomic E-state index is -3.53. The fourth-order valence-corrected chi connectivity index (χ4v) is 6.98. The van der Waals surface area contributed by atoms with E-state index in [2.05, 4.69) is 25.6 Å². The summed E-state index contributed by atoms with van der Waals surface area (Å²) >= 11 is 0. The molecule has 5 rings (SSSR count). The second-order valence-corrected chi connectivity index (χ2v) is 12.9. The molecule has 11 heteroatoms. The van der Waals surface area contributed by atoms with Gasteiger partial charge >= 0.3 is 0 Å². The van der Waals surface area contributed by atoms with Gasteiger partial charge in [0.1, 0.15) is 17.7 Å². The maximum absolute atomic E-state index is 15.0. The number of alkyl halides is 1. The molecule has 0 saturated carbocycles. The van der Waals surface area contributed by atoms with Gasteiger partial charge in [-0.1, -0.05) is 26.0 Å². The van der Waals surface area contributed by atoms with Crippen LogP contribution in [-0.4, -0.2) is 54.4 Å². The number of benzene rings is 2. The van der Waals surface area contributed by atoms with Gasteiger partial charge in [0.25, 0.3) is 0 Å². The lowest BCUT2D eigenvalue weighted by Crippen LogP contribution is -2.44. The summed E-state index contributed by atoms with van der Waals surface area (Å²) in [5.41, 5.74) is 2.04. The summed E-state index contributed by atoms with van der Waals surface area (Å²) in [4.78, 5) is 13.4. The molecule has 4 aromatic rings. The number of hydrogen-bond donors (Lipinski definition) is 2. The number of aromatic nitrogens is 3. The summed E-state index contributed by atoms with van der Waals surface area (Å²) in [5, 5.41) is 7.30. The van der Waals surface area contributed by atoms with Crippen molar-refractivity contribution >= 4 is 26.6 Å². The highest BCUT2D eigenvalue weighted by molar-refractivity contribution is 7.90. The summed E-state index contributed by atoms with van der Waals surface area (Å²) in [7, 11) is -3.53. The number of piperidine rings is 1. The van der Waals surface area contributed by atoms with Crippen molar-refractivity contribution in [3.05, 3.63) is 71.8 Å². The van der Waals surface area contributed by atoms with E-state index < -0.39 is 27.6 Å². The maximum atomic E-state index is 15.0. The summed E-state index contributed by atoms with van der Waals surface area (Å²) in [6.07, 6.45) is 2.64. The Balaban J connectivity index is 1.49. The predicted octanol–water partition coefficient (Wildman–Crippen LogP) is 5.61. The zero-order valence-corrected chi connectivity index (χ0v) is 24.0. The van der Waals surface area contributed by atoms with Crippen molar-refractivity contribution in [2.24, 2.45) is 5.92 Å². The molecule has 1 saturated heterocycles. The molecule has 2 N–H and O–H groups in total. The Morgan fingerprint density at radius 1 is 1.07 bits per heavy atom. The van der Waals surface area contributed by atoms with Crippen molar-refractivity contribution in [3.8, 4) is 22.9 Å². The molecular formula is C30H33F2N5O3S. The van der Waals surface area contributed by atoms with Crippen LogP contribution in [0.4, 0.5) is 14.7 Å². The number of pyridine rings is 1. The SMILES string of the molecule is Cc1ccc2c(CS(=O)(=O)CC(C)C)c(F)ccc2c1Oc1ncccc1-c1ccnc(N[C@@H]2CNC[C@@H](F)C2)n1. The highest BCUT2D eigenvalue weighted by atomic mass is 32.2. The van der Waals surface area contributed by atoms with Gasteiger partial charge in [-0.05, 0) is 54.1 Å². The van der Waals surface area contributed by atoms with E-state index in [-0.39, 0.29) is 29.2 Å². The first-order chi connectivity index (χ1) is 19.6. The fraction of sp³-hybridized carbons (Fsp3) is 0.367. The van der Waals surface area contributed by atoms with Crippen LogP contribution in [0.3, 0.4) is 0 Å². The van der Waals surface area contributed by atoms with E-state index in [0.717, 1.165) is 5.56 Å². The Hall–Kier alpha value is -3.70. The molecule has 0 radical (unpaired) electrons. The second-order valence-electron chi connectivity index (χ2n) is 10.8. The van der Waals surface area contributed by atoms with E-state index in [4.69, 9.17) is 4.74 Å². The van der Waals surface area contributed by atoms with Gasteiger partial charge in [-0.25, -0.2) is 32.2 Å². The van der Waals surface area contributed by atoms with Crippen LogP contribution in [0.15, 0.2) is 54.9 Å². The molecule has 2 atom stereocenters. The van der Waals surface area contributed by atoms with Crippen LogP contribution in [0.25, 0.3) is 22.0 Å². The molecule has 1 aliphatic rings. The lowest BCUT2D eigenvalue weighted by atomic mass is 10.0. The van der Waals surface area contributed by atoms with Crippen molar-refractivity contribution in [2.75, 3.05) is 24.2 Å². The number of aryl methyl sites for hydroxylation is 1. The van der Waals surface area contributed by atoms with Crippen LogP contribution < -0.4 is 15.4 Å². The van der Waals surface area contributed by atoms with E-state index in [1.807, 2.05) is 26.8 Å². The lowest BCUT2D eigenvalue weighted by Gasteiger charge is -2.26. The average molecular weight is 582 g/mol. The molecule has 1 aliphatic heterocycles. The highest BCUT2D eigenvalue weighted by Crippen LogP contribution is 2.38. The largest absolute Gasteiger partial charge is 0.437 e. The first kappa shape index (κ1) is 28.8. The first-order valence-corrected chi connectivity index (χ1v) is 15.4. The number of rotatable bonds is 9. The predicted molar refractivity (Wildman–Crippen MR) is 156 cm³/mol. The summed E-state index contributed by atoms with van der Waals surface area (Å²) < 4.78 is 60.8. The fourth-order valence-electron chi connectivity index (χ4n) is 5.12. The summed E-state index contributed by atoms with van der Waals surface area (Å²) in [5.74, 6) is 0.000425. The molecule has 2 aromatic heterocycles. The number of sulfone groups is 1. The van der Waals surface area contributed by atoms with Gasteiger partial charge in [0.05, 0.1) is 22.8 Å². The smallest absolute Gasteiger partial charge is 0.228 e. The number of fused-ring (bicyclic) bond motifs is 1. The Morgan fingerprint density at radius 3 is 2.66 bits per heavy atom. The first-order valence-electron chi connectivity index (χ1n) is 13.6. The van der Waals surface area contributed by atoms with E-state index in [1.54, 1.807) is 42.7 Å². The van der Waals surface area contributed by atoms with Crippen LogP contribution in [0, 0.1) is 18.7 Å². The van der Waals surface area contributed by atoms with Gasteiger partial charge in [-0.2, -0.15) is 0 Å². The third kappa shape index (κ3) is 6.79. The molecule has 1 fully saturated rings. The van der Waals surface area contributed by atoms with Crippen molar-refractivity contribution in [2.45, 2.75) is 45.2 Å². The van der Waals surface area contributed by atoms with E-state index >= 15 is 0 Å². The Labute approximate surface area is 238 Å². The molecule has 0 aliphatic carbocycles. The molecule has 3 heterocycles. The molecule has 8 nitrogen and oxygen atoms in total. The van der Waals surface area contributed by atoms with Crippen molar-refractivity contribution < 1.29 is 21.9 Å². The van der Waals surface area contributed by atoms with Gasteiger partial charge in [0.15, 0.2) is 9.84 Å². The Bertz CT molecular complexity index is 1670. The minimum absolute atomic E-state index is 0.0310. The van der Waals surface area contributed by atoms with Gasteiger partial charge in [0, 0.05) is 48.9 Å². The van der Waals surface area contributed by atoms with Gasteiger partial charge in [-0.3, -0.25) is 0 Å². The molecule has 216 valence electrons. The normalized spacial score (nSPS) is 17.6. The van der Waals surface area contributed by atoms with Gasteiger partial charge in [0.2, 0.25) is 11.8 Å². The maximum Gasteiger partial charge on any atom is 0.228 e.